The highest BCUT2D eigenvalue weighted by Gasteiger charge is 2.16. The lowest BCUT2D eigenvalue weighted by molar-refractivity contribution is -0.116. The molecule has 0 spiro atoms. The lowest BCUT2D eigenvalue weighted by Gasteiger charge is -2.21. The quantitative estimate of drug-likeness (QED) is 0.837. The lowest BCUT2D eigenvalue weighted by atomic mass is 10.2. The van der Waals surface area contributed by atoms with Crippen molar-refractivity contribution in [1.29, 1.82) is 5.26 Å². The van der Waals surface area contributed by atoms with Crippen LogP contribution in [0.3, 0.4) is 0 Å². The highest BCUT2D eigenvalue weighted by atomic mass is 35.5. The number of carbonyl (C=O) groups excluding carboxylic acids is 1. The van der Waals surface area contributed by atoms with E-state index in [1.807, 2.05) is 6.07 Å². The van der Waals surface area contributed by atoms with Gasteiger partial charge in [0.1, 0.15) is 0 Å². The van der Waals surface area contributed by atoms with Crippen LogP contribution in [-0.4, -0.2) is 27.4 Å². The molecule has 0 heterocycles. The van der Waals surface area contributed by atoms with E-state index in [1.165, 1.54) is 36.1 Å². The van der Waals surface area contributed by atoms with Gasteiger partial charge in [0.25, 0.3) is 0 Å². The van der Waals surface area contributed by atoms with Crippen molar-refractivity contribution in [2.45, 2.75) is 11.8 Å². The van der Waals surface area contributed by atoms with Crippen LogP contribution in [0.4, 0.5) is 5.69 Å². The van der Waals surface area contributed by atoms with Gasteiger partial charge in [-0.15, -0.1) is 0 Å². The van der Waals surface area contributed by atoms with Crippen molar-refractivity contribution in [3.63, 3.8) is 0 Å². The zero-order valence-electron chi connectivity index (χ0n) is 13.4. The summed E-state index contributed by atoms with van der Waals surface area (Å²) in [6.07, 6.45) is 0. The lowest BCUT2D eigenvalue weighted by Crippen LogP contribution is -2.37. The molecule has 0 aliphatic carbocycles. The number of hydrogen-bond acceptors (Lipinski definition) is 4. The number of nitrogens with zero attached hydrogens (tertiary/aromatic N) is 2. The summed E-state index contributed by atoms with van der Waals surface area (Å²) in [5, 5.41) is 9.40. The molecule has 1 N–H and O–H groups in total. The van der Waals surface area contributed by atoms with Gasteiger partial charge in [-0.3, -0.25) is 4.79 Å². The average molecular weight is 378 g/mol. The summed E-state index contributed by atoms with van der Waals surface area (Å²) in [6, 6.07) is 14.4. The summed E-state index contributed by atoms with van der Waals surface area (Å²) in [5.41, 5.74) is 0.961. The average Bonchev–Trinajstić information content (AvgIpc) is 2.59. The normalized spacial score (nSPS) is 10.9. The van der Waals surface area contributed by atoms with Gasteiger partial charge in [0.15, 0.2) is 0 Å². The zero-order chi connectivity index (χ0) is 18.4. The maximum atomic E-state index is 12.2. The summed E-state index contributed by atoms with van der Waals surface area (Å²) in [6.45, 7) is 1.55. The molecule has 0 aliphatic heterocycles. The predicted molar refractivity (Wildman–Crippen MR) is 95.8 cm³/mol. The molecule has 0 fully saturated rings. The maximum Gasteiger partial charge on any atom is 0.240 e. The molecule has 2 aromatic rings. The molecule has 1 amide bonds. The Labute approximate surface area is 151 Å². The molecule has 0 bridgehead atoms. The fraction of sp³-hybridized carbons (Fsp3) is 0.176. The monoisotopic (exact) mass is 377 g/mol. The summed E-state index contributed by atoms with van der Waals surface area (Å²) >= 11 is 5.75. The second-order valence-corrected chi connectivity index (χ2v) is 7.39. The van der Waals surface area contributed by atoms with E-state index < -0.39 is 10.0 Å². The Morgan fingerprint density at radius 3 is 2.52 bits per heavy atom. The van der Waals surface area contributed by atoms with Crippen LogP contribution in [0.25, 0.3) is 0 Å². The number of rotatable bonds is 6. The van der Waals surface area contributed by atoms with Crippen LogP contribution in [0.15, 0.2) is 53.4 Å². The molecule has 0 saturated carbocycles. The second kappa shape index (κ2) is 8.12. The number of nitriles is 1. The third-order valence-electron chi connectivity index (χ3n) is 3.42. The highest BCUT2D eigenvalue weighted by molar-refractivity contribution is 7.89. The summed E-state index contributed by atoms with van der Waals surface area (Å²) < 4.78 is 26.9. The number of nitrogens with one attached hydrogen (secondary N) is 1. The van der Waals surface area contributed by atoms with Gasteiger partial charge in [-0.25, -0.2) is 13.1 Å². The number of carbonyl (C=O) groups is 1. The molecule has 2 rings (SSSR count). The molecule has 8 heteroatoms. The molecule has 0 aromatic heterocycles. The molecular weight excluding hydrogens is 362 g/mol. The topological polar surface area (TPSA) is 90.3 Å². The van der Waals surface area contributed by atoms with Crippen molar-refractivity contribution in [3.05, 3.63) is 59.1 Å². The minimum atomic E-state index is -3.69. The Morgan fingerprint density at radius 2 is 1.92 bits per heavy atom. The van der Waals surface area contributed by atoms with Gasteiger partial charge in [-0.05, 0) is 42.5 Å². The summed E-state index contributed by atoms with van der Waals surface area (Å²) in [4.78, 5) is 13.4. The third kappa shape index (κ3) is 5.03. The minimum absolute atomic E-state index is 0.0291. The number of benzene rings is 2. The number of sulfonamides is 1. The first kappa shape index (κ1) is 18.9. The van der Waals surface area contributed by atoms with Crippen molar-refractivity contribution < 1.29 is 13.2 Å². The van der Waals surface area contributed by atoms with Crippen LogP contribution in [0, 0.1) is 11.3 Å². The van der Waals surface area contributed by atoms with Gasteiger partial charge in [0.2, 0.25) is 15.9 Å². The van der Waals surface area contributed by atoms with Crippen molar-refractivity contribution in [1.82, 2.24) is 4.72 Å². The number of halogens is 1. The van der Waals surface area contributed by atoms with Crippen molar-refractivity contribution >= 4 is 33.2 Å². The van der Waals surface area contributed by atoms with Gasteiger partial charge in [0, 0.05) is 30.7 Å². The number of amides is 1. The number of hydrogen-bond donors (Lipinski definition) is 1. The predicted octanol–water partition coefficient (Wildman–Crippen LogP) is 2.54. The maximum absolute atomic E-state index is 12.2. The first-order valence-electron chi connectivity index (χ1n) is 7.37. The first-order chi connectivity index (χ1) is 11.8. The number of anilines is 1. The molecule has 0 aliphatic rings. The molecule has 25 heavy (non-hydrogen) atoms. The largest absolute Gasteiger partial charge is 0.311 e. The van der Waals surface area contributed by atoms with Crippen molar-refractivity contribution in [3.8, 4) is 6.07 Å². The third-order valence-corrected chi connectivity index (χ3v) is 5.15. The standard InChI is InChI=1S/C17H16ClN3O3S/c1-13(22)21(16-4-2-3-14(11-16)12-19)10-9-20-25(23,24)17-7-5-15(18)6-8-17/h2-8,11,20H,9-10H2,1H3. The van der Waals surface area contributed by atoms with Gasteiger partial charge in [-0.1, -0.05) is 17.7 Å². The van der Waals surface area contributed by atoms with E-state index in [0.717, 1.165) is 0 Å². The van der Waals surface area contributed by atoms with E-state index in [0.29, 0.717) is 16.3 Å². The molecule has 0 atom stereocenters. The second-order valence-electron chi connectivity index (χ2n) is 5.18. The van der Waals surface area contributed by atoms with Crippen molar-refractivity contribution in [2.75, 3.05) is 18.0 Å². The summed E-state index contributed by atoms with van der Waals surface area (Å²) in [5.74, 6) is -0.249. The van der Waals surface area contributed by atoms with Crippen LogP contribution in [0.1, 0.15) is 12.5 Å². The Hall–Kier alpha value is -2.40. The molecule has 130 valence electrons. The van der Waals surface area contributed by atoms with Crippen LogP contribution >= 0.6 is 11.6 Å². The van der Waals surface area contributed by atoms with Gasteiger partial charge >= 0.3 is 0 Å². The fourth-order valence-corrected chi connectivity index (χ4v) is 3.35. The fourth-order valence-electron chi connectivity index (χ4n) is 2.20. The Kier molecular flexibility index (Phi) is 6.15. The van der Waals surface area contributed by atoms with Crippen LogP contribution in [0.2, 0.25) is 5.02 Å². The van der Waals surface area contributed by atoms with Crippen LogP contribution in [0.5, 0.6) is 0 Å². The Morgan fingerprint density at radius 1 is 1.24 bits per heavy atom. The molecular formula is C17H16ClN3O3S. The van der Waals surface area contributed by atoms with Gasteiger partial charge in [-0.2, -0.15) is 5.26 Å². The zero-order valence-corrected chi connectivity index (χ0v) is 15.0. The van der Waals surface area contributed by atoms with E-state index in [-0.39, 0.29) is 23.9 Å². The van der Waals surface area contributed by atoms with E-state index in [4.69, 9.17) is 16.9 Å². The molecule has 0 unspecified atom stereocenters. The van der Waals surface area contributed by atoms with E-state index in [1.54, 1.807) is 24.3 Å². The molecule has 0 saturated heterocycles. The van der Waals surface area contributed by atoms with Crippen molar-refractivity contribution in [2.24, 2.45) is 0 Å². The van der Waals surface area contributed by atoms with Crippen LogP contribution in [-0.2, 0) is 14.8 Å². The molecule has 6 nitrogen and oxygen atoms in total. The Balaban J connectivity index is 2.08. The van der Waals surface area contributed by atoms with Gasteiger partial charge < -0.3 is 4.90 Å². The SMILES string of the molecule is CC(=O)N(CCNS(=O)(=O)c1ccc(Cl)cc1)c1cccc(C#N)c1. The Bertz CT molecular complexity index is 905. The van der Waals surface area contributed by atoms with E-state index >= 15 is 0 Å². The smallest absolute Gasteiger partial charge is 0.240 e. The van der Waals surface area contributed by atoms with E-state index in [2.05, 4.69) is 4.72 Å². The van der Waals surface area contributed by atoms with Crippen LogP contribution < -0.4 is 9.62 Å². The highest BCUT2D eigenvalue weighted by Crippen LogP contribution is 2.17. The minimum Gasteiger partial charge on any atom is -0.311 e. The molecule has 2 aromatic carbocycles. The first-order valence-corrected chi connectivity index (χ1v) is 9.23. The molecule has 0 radical (unpaired) electrons. The summed E-state index contributed by atoms with van der Waals surface area (Å²) in [7, 11) is -3.69. The van der Waals surface area contributed by atoms with E-state index in [9.17, 15) is 13.2 Å². The van der Waals surface area contributed by atoms with Gasteiger partial charge in [0.05, 0.1) is 16.5 Å².